The smallest absolute Gasteiger partial charge is 0.00235 e. The van der Waals surface area contributed by atoms with Gasteiger partial charge in [-0.05, 0) is 35.1 Å². The van der Waals surface area contributed by atoms with Crippen molar-refractivity contribution in [2.75, 3.05) is 13.1 Å². The number of rotatable bonds is 3. The molecule has 0 radical (unpaired) electrons. The van der Waals surface area contributed by atoms with Gasteiger partial charge in [-0.2, -0.15) is 0 Å². The van der Waals surface area contributed by atoms with Gasteiger partial charge in [0.2, 0.25) is 0 Å². The normalized spacial score (nSPS) is 22.4. The van der Waals surface area contributed by atoms with Crippen LogP contribution in [0, 0.1) is 11.8 Å². The van der Waals surface area contributed by atoms with E-state index in [1.807, 2.05) is 0 Å². The van der Waals surface area contributed by atoms with Gasteiger partial charge in [0, 0.05) is 12.5 Å². The van der Waals surface area contributed by atoms with Crippen LogP contribution in [0.3, 0.4) is 0 Å². The minimum Gasteiger partial charge on any atom is -0.316 e. The highest BCUT2D eigenvalue weighted by Gasteiger charge is 2.30. The zero-order chi connectivity index (χ0) is 13.9. The largest absolute Gasteiger partial charge is 0.316 e. The molecule has 2 aromatic carbocycles. The van der Waals surface area contributed by atoms with E-state index in [1.165, 1.54) is 16.7 Å². The van der Waals surface area contributed by atoms with E-state index in [0.717, 1.165) is 24.9 Å². The fraction of sp³-hybridized carbons (Fsp3) is 0.368. The molecule has 1 heteroatoms. The van der Waals surface area contributed by atoms with E-state index in [9.17, 15) is 0 Å². The molecule has 0 spiro atoms. The molecule has 1 aliphatic rings. The van der Waals surface area contributed by atoms with Crippen LogP contribution in [0.25, 0.3) is 11.1 Å². The topological polar surface area (TPSA) is 12.0 Å². The molecular formula is C19H23N. The first-order valence-corrected chi connectivity index (χ1v) is 7.62. The van der Waals surface area contributed by atoms with Crippen molar-refractivity contribution in [1.29, 1.82) is 0 Å². The molecule has 20 heavy (non-hydrogen) atoms. The third-order valence-corrected chi connectivity index (χ3v) is 4.54. The fourth-order valence-corrected chi connectivity index (χ4v) is 3.34. The Morgan fingerprint density at radius 3 is 2.40 bits per heavy atom. The van der Waals surface area contributed by atoms with Gasteiger partial charge in [0.05, 0.1) is 0 Å². The van der Waals surface area contributed by atoms with Gasteiger partial charge in [-0.25, -0.2) is 0 Å². The average molecular weight is 265 g/mol. The predicted molar refractivity (Wildman–Crippen MR) is 85.8 cm³/mol. The lowest BCUT2D eigenvalue weighted by atomic mass is 9.81. The summed E-state index contributed by atoms with van der Waals surface area (Å²) in [4.78, 5) is 0. The van der Waals surface area contributed by atoms with E-state index in [4.69, 9.17) is 0 Å². The van der Waals surface area contributed by atoms with Gasteiger partial charge >= 0.3 is 0 Å². The Bertz CT molecular complexity index is 559. The highest BCUT2D eigenvalue weighted by Crippen LogP contribution is 2.34. The Hall–Kier alpha value is -1.60. The third-order valence-electron chi connectivity index (χ3n) is 4.54. The van der Waals surface area contributed by atoms with Gasteiger partial charge in [0.1, 0.15) is 0 Å². The molecule has 2 aromatic rings. The lowest BCUT2D eigenvalue weighted by molar-refractivity contribution is 0.381. The molecular weight excluding hydrogens is 242 g/mol. The average Bonchev–Trinajstić information content (AvgIpc) is 2.98. The van der Waals surface area contributed by atoms with Crippen molar-refractivity contribution in [3.63, 3.8) is 0 Å². The molecule has 1 N–H and O–H groups in total. The Morgan fingerprint density at radius 2 is 1.65 bits per heavy atom. The van der Waals surface area contributed by atoms with Crippen molar-refractivity contribution >= 4 is 0 Å². The van der Waals surface area contributed by atoms with Gasteiger partial charge < -0.3 is 5.32 Å². The number of hydrogen-bond donors (Lipinski definition) is 1. The summed E-state index contributed by atoms with van der Waals surface area (Å²) in [5.41, 5.74) is 4.12. The molecule has 0 aromatic heterocycles. The van der Waals surface area contributed by atoms with Crippen LogP contribution in [-0.4, -0.2) is 13.1 Å². The minimum absolute atomic E-state index is 0.652. The summed E-state index contributed by atoms with van der Waals surface area (Å²) in [6, 6.07) is 19.7. The van der Waals surface area contributed by atoms with Crippen molar-refractivity contribution in [3.8, 4) is 11.1 Å². The maximum atomic E-state index is 3.56. The van der Waals surface area contributed by atoms with Crippen LogP contribution in [0.5, 0.6) is 0 Å². The quantitative estimate of drug-likeness (QED) is 0.872. The van der Waals surface area contributed by atoms with E-state index < -0.39 is 0 Å². The van der Waals surface area contributed by atoms with Gasteiger partial charge in [-0.3, -0.25) is 0 Å². The van der Waals surface area contributed by atoms with Gasteiger partial charge in [-0.15, -0.1) is 0 Å². The van der Waals surface area contributed by atoms with E-state index in [0.29, 0.717) is 5.92 Å². The van der Waals surface area contributed by atoms with Crippen molar-refractivity contribution in [1.82, 2.24) is 5.32 Å². The number of benzene rings is 2. The minimum atomic E-state index is 0.652. The standard InChI is InChI=1S/C19H23N/c1-14(2)18-12-20-13-19(18)17-10-6-9-16(11-17)15-7-4-3-5-8-15/h3-11,14,18-20H,12-13H2,1-2H3/t18-,19-/m0/s1. The molecule has 104 valence electrons. The van der Waals surface area contributed by atoms with Crippen LogP contribution in [0.2, 0.25) is 0 Å². The summed E-state index contributed by atoms with van der Waals surface area (Å²) < 4.78 is 0. The van der Waals surface area contributed by atoms with Crippen molar-refractivity contribution in [3.05, 3.63) is 60.2 Å². The molecule has 0 bridgehead atoms. The van der Waals surface area contributed by atoms with Crippen LogP contribution in [-0.2, 0) is 0 Å². The van der Waals surface area contributed by atoms with E-state index >= 15 is 0 Å². The highest BCUT2D eigenvalue weighted by molar-refractivity contribution is 5.64. The monoisotopic (exact) mass is 265 g/mol. The Labute approximate surface area is 122 Å². The van der Waals surface area contributed by atoms with Crippen LogP contribution < -0.4 is 5.32 Å². The van der Waals surface area contributed by atoms with Crippen LogP contribution in [0.15, 0.2) is 54.6 Å². The molecule has 1 fully saturated rings. The molecule has 0 aliphatic carbocycles. The molecule has 1 aliphatic heterocycles. The summed E-state index contributed by atoms with van der Waals surface area (Å²) in [5, 5.41) is 3.56. The molecule has 2 atom stereocenters. The Balaban J connectivity index is 1.92. The van der Waals surface area contributed by atoms with Crippen molar-refractivity contribution < 1.29 is 0 Å². The summed E-state index contributed by atoms with van der Waals surface area (Å²) in [7, 11) is 0. The molecule has 1 heterocycles. The van der Waals surface area contributed by atoms with E-state index in [1.54, 1.807) is 0 Å². The molecule has 3 rings (SSSR count). The van der Waals surface area contributed by atoms with Crippen molar-refractivity contribution in [2.24, 2.45) is 11.8 Å². The molecule has 1 saturated heterocycles. The van der Waals surface area contributed by atoms with Crippen LogP contribution in [0.1, 0.15) is 25.3 Å². The summed E-state index contributed by atoms with van der Waals surface area (Å²) in [6.07, 6.45) is 0. The summed E-state index contributed by atoms with van der Waals surface area (Å²) in [5.74, 6) is 2.13. The van der Waals surface area contributed by atoms with Crippen LogP contribution >= 0.6 is 0 Å². The first-order chi connectivity index (χ1) is 9.75. The molecule has 0 amide bonds. The Kier molecular flexibility index (Phi) is 3.88. The lowest BCUT2D eigenvalue weighted by Gasteiger charge is -2.23. The lowest BCUT2D eigenvalue weighted by Crippen LogP contribution is -2.17. The molecule has 0 saturated carbocycles. The summed E-state index contributed by atoms with van der Waals surface area (Å²) >= 11 is 0. The van der Waals surface area contributed by atoms with Gasteiger partial charge in [-0.1, -0.05) is 68.4 Å². The predicted octanol–water partition coefficient (Wildman–Crippen LogP) is 4.31. The van der Waals surface area contributed by atoms with E-state index in [-0.39, 0.29) is 0 Å². The number of nitrogens with one attached hydrogen (secondary N) is 1. The molecule has 1 nitrogen and oxygen atoms in total. The first kappa shape index (κ1) is 13.4. The second-order valence-corrected chi connectivity index (χ2v) is 6.16. The second kappa shape index (κ2) is 5.80. The van der Waals surface area contributed by atoms with Crippen molar-refractivity contribution in [2.45, 2.75) is 19.8 Å². The fourth-order valence-electron chi connectivity index (χ4n) is 3.34. The zero-order valence-corrected chi connectivity index (χ0v) is 12.3. The highest BCUT2D eigenvalue weighted by atomic mass is 14.9. The van der Waals surface area contributed by atoms with E-state index in [2.05, 4.69) is 73.8 Å². The third kappa shape index (κ3) is 2.64. The first-order valence-electron chi connectivity index (χ1n) is 7.62. The Morgan fingerprint density at radius 1 is 0.900 bits per heavy atom. The SMILES string of the molecule is CC(C)[C@@H]1CNC[C@H]1c1cccc(-c2ccccc2)c1. The zero-order valence-electron chi connectivity index (χ0n) is 12.3. The van der Waals surface area contributed by atoms with Gasteiger partial charge in [0.15, 0.2) is 0 Å². The maximum Gasteiger partial charge on any atom is 0.00235 e. The second-order valence-electron chi connectivity index (χ2n) is 6.16. The van der Waals surface area contributed by atoms with Gasteiger partial charge in [0.25, 0.3) is 0 Å². The van der Waals surface area contributed by atoms with Crippen LogP contribution in [0.4, 0.5) is 0 Å². The maximum absolute atomic E-state index is 3.56. The molecule has 0 unspecified atom stereocenters. The summed E-state index contributed by atoms with van der Waals surface area (Å²) in [6.45, 7) is 6.94. The number of hydrogen-bond acceptors (Lipinski definition) is 1.